The van der Waals surface area contributed by atoms with Gasteiger partial charge < -0.3 is 0 Å². The van der Waals surface area contributed by atoms with Gasteiger partial charge in [0.05, 0.1) is 11.4 Å². The summed E-state index contributed by atoms with van der Waals surface area (Å²) in [4.78, 5) is 4.18. The van der Waals surface area contributed by atoms with E-state index < -0.39 is 9.84 Å². The van der Waals surface area contributed by atoms with Gasteiger partial charge in [0.1, 0.15) is 0 Å². The summed E-state index contributed by atoms with van der Waals surface area (Å²) in [7, 11) is -2.97. The van der Waals surface area contributed by atoms with Crippen molar-refractivity contribution in [3.8, 4) is 0 Å². The maximum Gasteiger partial charge on any atom is 0.151 e. The molecule has 0 aliphatic carbocycles. The first kappa shape index (κ1) is 12.9. The van der Waals surface area contributed by atoms with E-state index in [1.165, 1.54) is 6.26 Å². The minimum absolute atomic E-state index is 0.0545. The molecule has 0 radical (unpaired) electrons. The van der Waals surface area contributed by atoms with Crippen LogP contribution in [0.25, 0.3) is 6.08 Å². The van der Waals surface area contributed by atoms with Crippen molar-refractivity contribution in [3.05, 3.63) is 35.7 Å². The second kappa shape index (κ2) is 5.80. The van der Waals surface area contributed by atoms with Crippen molar-refractivity contribution in [2.75, 3.05) is 6.26 Å². The predicted molar refractivity (Wildman–Crippen MR) is 66.7 cm³/mol. The second-order valence-corrected chi connectivity index (χ2v) is 5.99. The third kappa shape index (κ3) is 5.07. The van der Waals surface area contributed by atoms with Crippen LogP contribution in [0.4, 0.5) is 0 Å². The van der Waals surface area contributed by atoms with Gasteiger partial charge in [-0.3, -0.25) is 4.98 Å². The number of hydrogen-bond acceptors (Lipinski definition) is 3. The third-order valence-corrected chi connectivity index (χ3v) is 2.88. The lowest BCUT2D eigenvalue weighted by molar-refractivity contribution is 0.601. The number of rotatable bonds is 5. The Labute approximate surface area is 97.1 Å². The molecule has 0 aliphatic heterocycles. The summed E-state index contributed by atoms with van der Waals surface area (Å²) in [5, 5.41) is 0. The van der Waals surface area contributed by atoms with Crippen LogP contribution in [0, 0.1) is 0 Å². The Hall–Kier alpha value is -1.16. The number of hydrogen-bond donors (Lipinski definition) is 0. The standard InChI is InChI=1S/C12H17NO2S/c1-3-4-5-6-12-8-7-11(9-13-12)10-16(2,14)15/h5-9H,3-4,10H2,1-2H3. The number of unbranched alkanes of at least 4 members (excludes halogenated alkanes) is 1. The average Bonchev–Trinajstić information content (AvgIpc) is 2.19. The quantitative estimate of drug-likeness (QED) is 0.793. The van der Waals surface area contributed by atoms with E-state index in [4.69, 9.17) is 0 Å². The van der Waals surface area contributed by atoms with Gasteiger partial charge in [-0.1, -0.05) is 25.5 Å². The molecular weight excluding hydrogens is 222 g/mol. The van der Waals surface area contributed by atoms with Crippen molar-refractivity contribution < 1.29 is 8.42 Å². The van der Waals surface area contributed by atoms with Crippen LogP contribution in [0.1, 0.15) is 31.0 Å². The summed E-state index contributed by atoms with van der Waals surface area (Å²) in [6.45, 7) is 2.12. The number of nitrogens with zero attached hydrogens (tertiary/aromatic N) is 1. The SMILES string of the molecule is CCCC=Cc1ccc(CS(C)(=O)=O)cn1. The maximum atomic E-state index is 11.1. The summed E-state index contributed by atoms with van der Waals surface area (Å²) in [5.41, 5.74) is 1.60. The largest absolute Gasteiger partial charge is 0.257 e. The van der Waals surface area contributed by atoms with Crippen LogP contribution in [0.3, 0.4) is 0 Å². The molecule has 1 rings (SSSR count). The molecule has 0 atom stereocenters. The van der Waals surface area contributed by atoms with Crippen LogP contribution in [-0.2, 0) is 15.6 Å². The first-order chi connectivity index (χ1) is 7.51. The molecule has 0 amide bonds. The van der Waals surface area contributed by atoms with Gasteiger partial charge >= 0.3 is 0 Å². The van der Waals surface area contributed by atoms with Crippen molar-refractivity contribution in [2.45, 2.75) is 25.5 Å². The molecule has 4 heteroatoms. The highest BCUT2D eigenvalue weighted by molar-refractivity contribution is 7.89. The van der Waals surface area contributed by atoms with Crippen LogP contribution in [0.2, 0.25) is 0 Å². The summed E-state index contributed by atoms with van der Waals surface area (Å²) in [6, 6.07) is 3.65. The molecule has 0 unspecified atom stereocenters. The second-order valence-electron chi connectivity index (χ2n) is 3.85. The van der Waals surface area contributed by atoms with Crippen molar-refractivity contribution in [1.29, 1.82) is 0 Å². The fraction of sp³-hybridized carbons (Fsp3) is 0.417. The normalized spacial score (nSPS) is 12.1. The Morgan fingerprint density at radius 3 is 2.62 bits per heavy atom. The van der Waals surface area contributed by atoms with Gasteiger partial charge in [0.25, 0.3) is 0 Å². The van der Waals surface area contributed by atoms with Gasteiger partial charge in [-0.25, -0.2) is 8.42 Å². The van der Waals surface area contributed by atoms with Crippen molar-refractivity contribution in [2.24, 2.45) is 0 Å². The third-order valence-electron chi connectivity index (χ3n) is 2.02. The number of sulfone groups is 1. The lowest BCUT2D eigenvalue weighted by Gasteiger charge is -1.99. The van der Waals surface area contributed by atoms with Crippen LogP contribution in [0.15, 0.2) is 24.4 Å². The minimum Gasteiger partial charge on any atom is -0.257 e. The first-order valence-electron chi connectivity index (χ1n) is 5.30. The molecule has 0 N–H and O–H groups in total. The number of pyridine rings is 1. The fourth-order valence-corrected chi connectivity index (χ4v) is 2.07. The molecule has 0 aliphatic rings. The molecule has 16 heavy (non-hydrogen) atoms. The predicted octanol–water partition coefficient (Wildman–Crippen LogP) is 2.44. The first-order valence-corrected chi connectivity index (χ1v) is 7.36. The van der Waals surface area contributed by atoms with Gasteiger partial charge in [-0.05, 0) is 24.1 Å². The smallest absolute Gasteiger partial charge is 0.151 e. The highest BCUT2D eigenvalue weighted by Gasteiger charge is 2.03. The molecule has 0 saturated heterocycles. The van der Waals surface area contributed by atoms with Gasteiger partial charge in [0, 0.05) is 12.5 Å². The zero-order chi connectivity index (χ0) is 12.0. The van der Waals surface area contributed by atoms with Crippen molar-refractivity contribution in [3.63, 3.8) is 0 Å². The Kier molecular flexibility index (Phi) is 4.68. The van der Waals surface area contributed by atoms with E-state index >= 15 is 0 Å². The molecule has 1 heterocycles. The lowest BCUT2D eigenvalue weighted by Crippen LogP contribution is -2.01. The maximum absolute atomic E-state index is 11.1. The molecule has 0 spiro atoms. The minimum atomic E-state index is -2.97. The van der Waals surface area contributed by atoms with Crippen LogP contribution >= 0.6 is 0 Å². The fourth-order valence-electron chi connectivity index (χ4n) is 1.29. The highest BCUT2D eigenvalue weighted by atomic mass is 32.2. The zero-order valence-corrected chi connectivity index (χ0v) is 10.5. The van der Waals surface area contributed by atoms with E-state index in [2.05, 4.69) is 18.0 Å². The van der Waals surface area contributed by atoms with Gasteiger partial charge in [-0.15, -0.1) is 0 Å². The molecule has 3 nitrogen and oxygen atoms in total. The molecule has 0 fully saturated rings. The van der Waals surface area contributed by atoms with Crippen LogP contribution in [0.5, 0.6) is 0 Å². The molecule has 1 aromatic heterocycles. The van der Waals surface area contributed by atoms with E-state index in [0.29, 0.717) is 0 Å². The molecule has 0 aromatic carbocycles. The summed E-state index contributed by atoms with van der Waals surface area (Å²) in [6.07, 6.45) is 9.01. The van der Waals surface area contributed by atoms with Crippen molar-refractivity contribution >= 4 is 15.9 Å². The zero-order valence-electron chi connectivity index (χ0n) is 9.68. The summed E-state index contributed by atoms with van der Waals surface area (Å²) in [5.74, 6) is 0.0545. The average molecular weight is 239 g/mol. The lowest BCUT2D eigenvalue weighted by atomic mass is 10.2. The molecule has 88 valence electrons. The monoisotopic (exact) mass is 239 g/mol. The Bertz CT molecular complexity index is 446. The van der Waals surface area contributed by atoms with Crippen LogP contribution in [-0.4, -0.2) is 19.7 Å². The van der Waals surface area contributed by atoms with E-state index in [1.807, 2.05) is 12.1 Å². The number of allylic oxidation sites excluding steroid dienone is 1. The van der Waals surface area contributed by atoms with Gasteiger partial charge in [-0.2, -0.15) is 0 Å². The van der Waals surface area contributed by atoms with Gasteiger partial charge in [0.15, 0.2) is 9.84 Å². The molecule has 0 bridgehead atoms. The van der Waals surface area contributed by atoms with E-state index in [-0.39, 0.29) is 5.75 Å². The Morgan fingerprint density at radius 1 is 1.38 bits per heavy atom. The molecular formula is C12H17NO2S. The van der Waals surface area contributed by atoms with Gasteiger partial charge in [0.2, 0.25) is 0 Å². The Morgan fingerprint density at radius 2 is 2.12 bits per heavy atom. The number of aromatic nitrogens is 1. The molecule has 0 saturated carbocycles. The topological polar surface area (TPSA) is 47.0 Å². The van der Waals surface area contributed by atoms with E-state index in [9.17, 15) is 8.42 Å². The summed E-state index contributed by atoms with van der Waals surface area (Å²) >= 11 is 0. The van der Waals surface area contributed by atoms with Crippen LogP contribution < -0.4 is 0 Å². The summed E-state index contributed by atoms with van der Waals surface area (Å²) < 4.78 is 22.1. The Balaban J connectivity index is 2.68. The van der Waals surface area contributed by atoms with E-state index in [0.717, 1.165) is 24.1 Å². The highest BCUT2D eigenvalue weighted by Crippen LogP contribution is 2.06. The van der Waals surface area contributed by atoms with E-state index in [1.54, 1.807) is 12.3 Å². The molecule has 1 aromatic rings. The van der Waals surface area contributed by atoms with Crippen molar-refractivity contribution in [1.82, 2.24) is 4.98 Å².